The third-order valence-corrected chi connectivity index (χ3v) is 3.25. The van der Waals surface area contributed by atoms with E-state index in [1.165, 1.54) is 0 Å². The predicted molar refractivity (Wildman–Crippen MR) is 87.4 cm³/mol. The summed E-state index contributed by atoms with van der Waals surface area (Å²) < 4.78 is 1.87. The molecule has 2 N–H and O–H groups in total. The number of hydrogen-bond acceptors (Lipinski definition) is 3. The lowest BCUT2D eigenvalue weighted by Gasteiger charge is -2.09. The number of carbonyl (C=O) groups is 1. The Morgan fingerprint density at radius 3 is 2.57 bits per heavy atom. The van der Waals surface area contributed by atoms with Gasteiger partial charge in [-0.3, -0.25) is 9.48 Å². The van der Waals surface area contributed by atoms with Crippen LogP contribution in [0.2, 0.25) is 0 Å². The highest BCUT2D eigenvalue weighted by Gasteiger charge is 2.02. The minimum absolute atomic E-state index is 0.0498. The zero-order valence-corrected chi connectivity index (χ0v) is 12.9. The van der Waals surface area contributed by atoms with Gasteiger partial charge in [-0.2, -0.15) is 5.10 Å². The third-order valence-electron chi connectivity index (χ3n) is 3.00. The number of carbonyl (C=O) groups excluding carboxylic acids is 1. The fourth-order valence-electron chi connectivity index (χ4n) is 1.81. The second-order valence-electron chi connectivity index (χ2n) is 4.60. The molecular weight excluding hydrogens is 284 g/mol. The van der Waals surface area contributed by atoms with E-state index in [0.717, 1.165) is 17.9 Å². The molecule has 0 aliphatic heterocycles. The molecule has 5 nitrogen and oxygen atoms in total. The molecule has 1 heterocycles. The lowest BCUT2D eigenvalue weighted by Crippen LogP contribution is -2.28. The molecule has 0 aliphatic carbocycles. The van der Waals surface area contributed by atoms with Gasteiger partial charge in [0.15, 0.2) is 10.9 Å². The molecule has 0 unspecified atom stereocenters. The Labute approximate surface area is 129 Å². The molecule has 2 aromatic rings. The fraction of sp³-hybridized carbons (Fsp3) is 0.267. The Bertz CT molecular complexity index is 633. The van der Waals surface area contributed by atoms with Crippen LogP contribution in [0.1, 0.15) is 29.9 Å². The topological polar surface area (TPSA) is 59.0 Å². The molecule has 0 saturated carbocycles. The number of thiocarbonyl (C=S) groups is 1. The van der Waals surface area contributed by atoms with Crippen LogP contribution in [0, 0.1) is 0 Å². The van der Waals surface area contributed by atoms with E-state index in [1.54, 1.807) is 19.1 Å². The number of aryl methyl sites for hydroxylation is 1. The van der Waals surface area contributed by atoms with Crippen molar-refractivity contribution in [2.75, 3.05) is 5.32 Å². The maximum absolute atomic E-state index is 11.2. The number of hydrogen-bond donors (Lipinski definition) is 2. The summed E-state index contributed by atoms with van der Waals surface area (Å²) in [5.74, 6) is 0.0498. The van der Waals surface area contributed by atoms with E-state index < -0.39 is 0 Å². The van der Waals surface area contributed by atoms with Gasteiger partial charge in [0, 0.05) is 24.0 Å². The number of ketones is 1. The summed E-state index contributed by atoms with van der Waals surface area (Å²) in [5.41, 5.74) is 2.47. The molecule has 2 rings (SSSR count). The van der Waals surface area contributed by atoms with Crippen LogP contribution in [0.3, 0.4) is 0 Å². The standard InChI is InChI=1S/C15H18N4OS/c1-3-19-9-8-14(18-19)10-16-15(21)17-13-6-4-12(5-7-13)11(2)20/h4-9H,3,10H2,1-2H3,(H2,16,17,21). The SMILES string of the molecule is CCn1ccc(CNC(=S)Nc2ccc(C(C)=O)cc2)n1. The summed E-state index contributed by atoms with van der Waals surface area (Å²) >= 11 is 5.23. The summed E-state index contributed by atoms with van der Waals surface area (Å²) in [6.45, 7) is 5.01. The van der Waals surface area contributed by atoms with E-state index in [-0.39, 0.29) is 5.78 Å². The van der Waals surface area contributed by atoms with Crippen LogP contribution in [-0.2, 0) is 13.1 Å². The van der Waals surface area contributed by atoms with Gasteiger partial charge in [-0.15, -0.1) is 0 Å². The number of benzene rings is 1. The lowest BCUT2D eigenvalue weighted by molar-refractivity contribution is 0.101. The normalized spacial score (nSPS) is 10.2. The van der Waals surface area contributed by atoms with Crippen LogP contribution in [0.25, 0.3) is 0 Å². The Morgan fingerprint density at radius 2 is 2.00 bits per heavy atom. The van der Waals surface area contributed by atoms with Gasteiger partial charge in [-0.05, 0) is 56.4 Å². The van der Waals surface area contributed by atoms with Crippen LogP contribution < -0.4 is 10.6 Å². The quantitative estimate of drug-likeness (QED) is 0.657. The largest absolute Gasteiger partial charge is 0.357 e. The molecular formula is C15H18N4OS. The Balaban J connectivity index is 1.85. The first-order valence-corrected chi connectivity index (χ1v) is 7.17. The van der Waals surface area contributed by atoms with Crippen molar-refractivity contribution in [2.24, 2.45) is 0 Å². The Kier molecular flexibility index (Phi) is 5.05. The lowest BCUT2D eigenvalue weighted by atomic mass is 10.1. The van der Waals surface area contributed by atoms with Crippen molar-refractivity contribution in [3.63, 3.8) is 0 Å². The van der Waals surface area contributed by atoms with Gasteiger partial charge in [-0.25, -0.2) is 0 Å². The number of rotatable bonds is 5. The summed E-state index contributed by atoms with van der Waals surface area (Å²) in [7, 11) is 0. The van der Waals surface area contributed by atoms with Crippen LogP contribution in [0.15, 0.2) is 36.5 Å². The van der Waals surface area contributed by atoms with E-state index in [1.807, 2.05) is 36.0 Å². The number of nitrogens with zero attached hydrogens (tertiary/aromatic N) is 2. The van der Waals surface area contributed by atoms with E-state index in [0.29, 0.717) is 17.2 Å². The van der Waals surface area contributed by atoms with Crippen LogP contribution in [-0.4, -0.2) is 20.7 Å². The third kappa shape index (κ3) is 4.39. The van der Waals surface area contributed by atoms with E-state index >= 15 is 0 Å². The molecule has 6 heteroatoms. The molecule has 0 bridgehead atoms. The minimum atomic E-state index is 0.0498. The maximum Gasteiger partial charge on any atom is 0.171 e. The van der Waals surface area contributed by atoms with Crippen molar-refractivity contribution < 1.29 is 4.79 Å². The molecule has 0 aliphatic rings. The van der Waals surface area contributed by atoms with Gasteiger partial charge >= 0.3 is 0 Å². The van der Waals surface area contributed by atoms with Crippen molar-refractivity contribution in [2.45, 2.75) is 26.9 Å². The molecule has 110 valence electrons. The maximum atomic E-state index is 11.2. The van der Waals surface area contributed by atoms with Gasteiger partial charge in [0.1, 0.15) is 0 Å². The van der Waals surface area contributed by atoms with E-state index in [2.05, 4.69) is 15.7 Å². The highest BCUT2D eigenvalue weighted by Crippen LogP contribution is 2.10. The molecule has 0 saturated heterocycles. The first-order chi connectivity index (χ1) is 10.1. The molecule has 0 radical (unpaired) electrons. The number of aromatic nitrogens is 2. The average Bonchev–Trinajstić information content (AvgIpc) is 2.94. The van der Waals surface area contributed by atoms with Crippen LogP contribution in [0.4, 0.5) is 5.69 Å². The van der Waals surface area contributed by atoms with E-state index in [9.17, 15) is 4.79 Å². The van der Waals surface area contributed by atoms with Gasteiger partial charge in [0.2, 0.25) is 0 Å². The molecule has 0 spiro atoms. The summed E-state index contributed by atoms with van der Waals surface area (Å²) in [6.07, 6.45) is 1.94. The van der Waals surface area contributed by atoms with Crippen molar-refractivity contribution in [3.8, 4) is 0 Å². The first-order valence-electron chi connectivity index (χ1n) is 6.76. The van der Waals surface area contributed by atoms with Crippen molar-refractivity contribution in [3.05, 3.63) is 47.8 Å². The highest BCUT2D eigenvalue weighted by molar-refractivity contribution is 7.80. The molecule has 0 fully saturated rings. The second-order valence-corrected chi connectivity index (χ2v) is 5.01. The van der Waals surface area contributed by atoms with Crippen LogP contribution in [0.5, 0.6) is 0 Å². The first kappa shape index (κ1) is 15.2. The van der Waals surface area contributed by atoms with Gasteiger partial charge < -0.3 is 10.6 Å². The zero-order chi connectivity index (χ0) is 15.2. The smallest absolute Gasteiger partial charge is 0.171 e. The molecule has 0 atom stereocenters. The van der Waals surface area contributed by atoms with Gasteiger partial charge in [0.05, 0.1) is 12.2 Å². The van der Waals surface area contributed by atoms with Gasteiger partial charge in [0.25, 0.3) is 0 Å². The van der Waals surface area contributed by atoms with Crippen molar-refractivity contribution in [1.29, 1.82) is 0 Å². The number of anilines is 1. The number of nitrogens with one attached hydrogen (secondary N) is 2. The summed E-state index contributed by atoms with van der Waals surface area (Å²) in [5, 5.41) is 11.1. The van der Waals surface area contributed by atoms with Gasteiger partial charge in [-0.1, -0.05) is 0 Å². The average molecular weight is 302 g/mol. The van der Waals surface area contributed by atoms with Crippen molar-refractivity contribution in [1.82, 2.24) is 15.1 Å². The molecule has 0 amide bonds. The number of Topliss-reactive ketones (excluding diaryl/α,β-unsaturated/α-hetero) is 1. The Morgan fingerprint density at radius 1 is 1.29 bits per heavy atom. The monoisotopic (exact) mass is 302 g/mol. The second kappa shape index (κ2) is 6.99. The zero-order valence-electron chi connectivity index (χ0n) is 12.1. The fourth-order valence-corrected chi connectivity index (χ4v) is 2.00. The van der Waals surface area contributed by atoms with E-state index in [4.69, 9.17) is 12.2 Å². The van der Waals surface area contributed by atoms with Crippen molar-refractivity contribution >= 4 is 28.8 Å². The molecule has 1 aromatic heterocycles. The molecule has 21 heavy (non-hydrogen) atoms. The van der Waals surface area contributed by atoms with Crippen LogP contribution >= 0.6 is 12.2 Å². The highest BCUT2D eigenvalue weighted by atomic mass is 32.1. The Hall–Kier alpha value is -2.21. The summed E-state index contributed by atoms with van der Waals surface area (Å²) in [4.78, 5) is 11.2. The minimum Gasteiger partial charge on any atom is -0.357 e. The molecule has 1 aromatic carbocycles. The predicted octanol–water partition coefficient (Wildman–Crippen LogP) is 2.59. The summed E-state index contributed by atoms with van der Waals surface area (Å²) in [6, 6.07) is 9.17.